The zero-order valence-corrected chi connectivity index (χ0v) is 14.2. The van der Waals surface area contributed by atoms with E-state index in [1.54, 1.807) is 0 Å². The van der Waals surface area contributed by atoms with Crippen LogP contribution in [0, 0.1) is 0 Å². The molecule has 0 spiro atoms. The molecule has 130 valence electrons. The Kier molecular flexibility index (Phi) is 6.79. The van der Waals surface area contributed by atoms with Crippen molar-refractivity contribution in [3.8, 4) is 0 Å². The molecular weight excluding hydrogens is 298 g/mol. The first kappa shape index (κ1) is 18.5. The van der Waals surface area contributed by atoms with Crippen molar-refractivity contribution in [3.63, 3.8) is 0 Å². The summed E-state index contributed by atoms with van der Waals surface area (Å²) >= 11 is 0. The smallest absolute Gasteiger partial charge is 0.0451 e. The van der Waals surface area contributed by atoms with Gasteiger partial charge in [-0.3, -0.25) is 0 Å². The number of hydrogen-bond acceptors (Lipinski definition) is 4. The van der Waals surface area contributed by atoms with Crippen LogP contribution in [0.25, 0.3) is 0 Å². The van der Waals surface area contributed by atoms with Crippen molar-refractivity contribution in [2.45, 2.75) is 44.2 Å². The number of benzene rings is 2. The Morgan fingerprint density at radius 2 is 1.67 bits per heavy atom. The molecule has 2 rings (SSSR count). The average Bonchev–Trinajstić information content (AvgIpc) is 2.60. The summed E-state index contributed by atoms with van der Waals surface area (Å²) in [5, 5.41) is 9.43. The summed E-state index contributed by atoms with van der Waals surface area (Å²) in [6.07, 6.45) is 4.48. The van der Waals surface area contributed by atoms with Crippen LogP contribution in [0.5, 0.6) is 0 Å². The molecule has 24 heavy (non-hydrogen) atoms. The molecule has 0 bridgehead atoms. The van der Waals surface area contributed by atoms with Crippen LogP contribution in [0.4, 0.5) is 5.69 Å². The summed E-state index contributed by atoms with van der Waals surface area (Å²) in [4.78, 5) is 0. The molecule has 4 nitrogen and oxygen atoms in total. The molecule has 0 aromatic heterocycles. The third-order valence-corrected chi connectivity index (χ3v) is 4.61. The Morgan fingerprint density at radius 1 is 0.917 bits per heavy atom. The summed E-state index contributed by atoms with van der Waals surface area (Å²) in [5.41, 5.74) is 21.8. The van der Waals surface area contributed by atoms with Crippen LogP contribution < -0.4 is 17.2 Å². The zero-order valence-electron chi connectivity index (χ0n) is 14.2. The van der Waals surface area contributed by atoms with E-state index >= 15 is 0 Å². The minimum Gasteiger partial charge on any atom is -0.399 e. The van der Waals surface area contributed by atoms with Gasteiger partial charge in [0.05, 0.1) is 0 Å². The molecule has 0 aliphatic heterocycles. The predicted octanol–water partition coefficient (Wildman–Crippen LogP) is 2.68. The van der Waals surface area contributed by atoms with Crippen molar-refractivity contribution >= 4 is 5.69 Å². The molecule has 0 fully saturated rings. The molecule has 0 aliphatic rings. The number of nitrogen functional groups attached to an aromatic ring is 1. The third kappa shape index (κ3) is 5.06. The highest BCUT2D eigenvalue weighted by atomic mass is 16.3. The average molecular weight is 327 g/mol. The lowest BCUT2D eigenvalue weighted by Crippen LogP contribution is -2.37. The molecule has 0 saturated carbocycles. The SMILES string of the molecule is NCc1cccc(C(N)(CCO)CCCCc2ccc(N)cc2)c1. The summed E-state index contributed by atoms with van der Waals surface area (Å²) in [7, 11) is 0. The van der Waals surface area contributed by atoms with E-state index in [0.29, 0.717) is 13.0 Å². The lowest BCUT2D eigenvalue weighted by atomic mass is 9.82. The molecule has 7 N–H and O–H groups in total. The van der Waals surface area contributed by atoms with Crippen molar-refractivity contribution in [1.82, 2.24) is 0 Å². The van der Waals surface area contributed by atoms with Gasteiger partial charge in [-0.15, -0.1) is 0 Å². The first-order valence-electron chi connectivity index (χ1n) is 8.61. The van der Waals surface area contributed by atoms with E-state index in [4.69, 9.17) is 17.2 Å². The van der Waals surface area contributed by atoms with E-state index in [9.17, 15) is 5.11 Å². The molecular formula is C20H29N3O. The Hall–Kier alpha value is -1.88. The normalized spacial score (nSPS) is 13.6. The number of aliphatic hydroxyl groups is 1. The monoisotopic (exact) mass is 327 g/mol. The molecule has 0 aliphatic carbocycles. The van der Waals surface area contributed by atoms with Gasteiger partial charge in [0.15, 0.2) is 0 Å². The maximum atomic E-state index is 9.43. The number of rotatable bonds is 9. The predicted molar refractivity (Wildman–Crippen MR) is 100 cm³/mol. The molecule has 1 atom stereocenters. The fourth-order valence-corrected chi connectivity index (χ4v) is 3.08. The van der Waals surface area contributed by atoms with Crippen molar-refractivity contribution in [3.05, 3.63) is 65.2 Å². The number of aliphatic hydroxyl groups excluding tert-OH is 1. The second-order valence-electron chi connectivity index (χ2n) is 6.48. The van der Waals surface area contributed by atoms with Crippen LogP contribution in [-0.2, 0) is 18.5 Å². The van der Waals surface area contributed by atoms with E-state index in [1.807, 2.05) is 30.3 Å². The molecule has 0 saturated heterocycles. The topological polar surface area (TPSA) is 98.3 Å². The van der Waals surface area contributed by atoms with Crippen molar-refractivity contribution in [2.24, 2.45) is 11.5 Å². The second-order valence-corrected chi connectivity index (χ2v) is 6.48. The van der Waals surface area contributed by atoms with Crippen LogP contribution in [-0.4, -0.2) is 11.7 Å². The number of hydrogen-bond donors (Lipinski definition) is 4. The van der Waals surface area contributed by atoms with Gasteiger partial charge in [0.25, 0.3) is 0 Å². The van der Waals surface area contributed by atoms with Crippen molar-refractivity contribution in [2.75, 3.05) is 12.3 Å². The van der Waals surface area contributed by atoms with Gasteiger partial charge in [-0.2, -0.15) is 0 Å². The Bertz CT molecular complexity index is 627. The quantitative estimate of drug-likeness (QED) is 0.420. The first-order valence-corrected chi connectivity index (χ1v) is 8.61. The Balaban J connectivity index is 1.95. The lowest BCUT2D eigenvalue weighted by molar-refractivity contribution is 0.228. The summed E-state index contributed by atoms with van der Waals surface area (Å²) in [5.74, 6) is 0. The van der Waals surface area contributed by atoms with Gasteiger partial charge in [0, 0.05) is 24.4 Å². The fourth-order valence-electron chi connectivity index (χ4n) is 3.08. The molecule has 0 amide bonds. The van der Waals surface area contributed by atoms with Crippen LogP contribution >= 0.6 is 0 Å². The van der Waals surface area contributed by atoms with Crippen molar-refractivity contribution in [1.29, 1.82) is 0 Å². The van der Waals surface area contributed by atoms with Gasteiger partial charge in [-0.25, -0.2) is 0 Å². The number of nitrogens with two attached hydrogens (primary N) is 3. The van der Waals surface area contributed by atoms with E-state index in [-0.39, 0.29) is 6.61 Å². The zero-order chi connectivity index (χ0) is 17.4. The number of aryl methyl sites for hydroxylation is 1. The Morgan fingerprint density at radius 3 is 2.33 bits per heavy atom. The van der Waals surface area contributed by atoms with Crippen molar-refractivity contribution < 1.29 is 5.11 Å². The standard InChI is InChI=1S/C20H29N3O/c21-15-17-5-3-6-18(14-17)20(23,12-13-24)11-2-1-4-16-7-9-19(22)10-8-16/h3,5-10,14,24H,1-2,4,11-13,15,21-23H2. The van der Waals surface area contributed by atoms with Gasteiger partial charge in [-0.1, -0.05) is 42.8 Å². The van der Waals surface area contributed by atoms with Crippen LogP contribution in [0.1, 0.15) is 42.4 Å². The molecule has 4 heteroatoms. The molecule has 0 radical (unpaired) electrons. The Labute approximate surface area is 144 Å². The molecule has 2 aromatic carbocycles. The maximum absolute atomic E-state index is 9.43. The van der Waals surface area contributed by atoms with Gasteiger partial charge in [0.1, 0.15) is 0 Å². The van der Waals surface area contributed by atoms with E-state index in [0.717, 1.165) is 42.5 Å². The van der Waals surface area contributed by atoms with Gasteiger partial charge >= 0.3 is 0 Å². The second kappa shape index (κ2) is 8.83. The highest BCUT2D eigenvalue weighted by Crippen LogP contribution is 2.29. The minimum atomic E-state index is -0.499. The van der Waals surface area contributed by atoms with Crippen LogP contribution in [0.15, 0.2) is 48.5 Å². The largest absolute Gasteiger partial charge is 0.399 e. The van der Waals surface area contributed by atoms with Gasteiger partial charge < -0.3 is 22.3 Å². The van der Waals surface area contributed by atoms with E-state index in [1.165, 1.54) is 5.56 Å². The highest BCUT2D eigenvalue weighted by molar-refractivity contribution is 5.39. The fraction of sp³-hybridized carbons (Fsp3) is 0.400. The van der Waals surface area contributed by atoms with E-state index in [2.05, 4.69) is 18.2 Å². The van der Waals surface area contributed by atoms with E-state index < -0.39 is 5.54 Å². The first-order chi connectivity index (χ1) is 11.6. The highest BCUT2D eigenvalue weighted by Gasteiger charge is 2.26. The number of unbranched alkanes of at least 4 members (excludes halogenated alkanes) is 1. The summed E-state index contributed by atoms with van der Waals surface area (Å²) in [6.45, 7) is 0.585. The van der Waals surface area contributed by atoms with Gasteiger partial charge in [-0.05, 0) is 54.5 Å². The number of anilines is 1. The van der Waals surface area contributed by atoms with Crippen LogP contribution in [0.3, 0.4) is 0 Å². The van der Waals surface area contributed by atoms with Gasteiger partial charge in [0.2, 0.25) is 0 Å². The molecule has 1 unspecified atom stereocenters. The lowest BCUT2D eigenvalue weighted by Gasteiger charge is -2.30. The molecule has 0 heterocycles. The maximum Gasteiger partial charge on any atom is 0.0451 e. The van der Waals surface area contributed by atoms with Crippen LogP contribution in [0.2, 0.25) is 0 Å². The summed E-state index contributed by atoms with van der Waals surface area (Å²) in [6, 6.07) is 16.1. The molecule has 2 aromatic rings. The third-order valence-electron chi connectivity index (χ3n) is 4.61. The summed E-state index contributed by atoms with van der Waals surface area (Å²) < 4.78 is 0. The minimum absolute atomic E-state index is 0.0846.